The molecule has 22 heavy (non-hydrogen) atoms. The van der Waals surface area contributed by atoms with Crippen molar-refractivity contribution in [1.29, 1.82) is 5.26 Å². The van der Waals surface area contributed by atoms with Gasteiger partial charge in [-0.25, -0.2) is 0 Å². The van der Waals surface area contributed by atoms with E-state index in [-0.39, 0.29) is 18.4 Å². The Labute approximate surface area is 130 Å². The van der Waals surface area contributed by atoms with Gasteiger partial charge in [0.05, 0.1) is 18.0 Å². The minimum Gasteiger partial charge on any atom is -0.372 e. The summed E-state index contributed by atoms with van der Waals surface area (Å²) in [5.41, 5.74) is 0.964. The van der Waals surface area contributed by atoms with Gasteiger partial charge in [-0.05, 0) is 12.3 Å². The van der Waals surface area contributed by atoms with Crippen molar-refractivity contribution >= 4 is 17.4 Å². The number of carbonyl (C=O) groups excluding carboxylic acids is 1. The summed E-state index contributed by atoms with van der Waals surface area (Å²) in [6.45, 7) is 3.55. The molecule has 2 rings (SSSR count). The summed E-state index contributed by atoms with van der Waals surface area (Å²) in [5.74, 6) is 1.09. The lowest BCUT2D eigenvalue weighted by Crippen LogP contribution is -2.52. The monoisotopic (exact) mass is 302 g/mol. The van der Waals surface area contributed by atoms with Gasteiger partial charge in [-0.15, -0.1) is 5.10 Å². The molecule has 0 spiro atoms. The Bertz CT molecular complexity index is 569. The molecule has 0 radical (unpaired) electrons. The number of piperidine rings is 1. The van der Waals surface area contributed by atoms with E-state index in [2.05, 4.69) is 27.3 Å². The third-order valence-electron chi connectivity index (χ3n) is 4.30. The molecular weight excluding hydrogens is 280 g/mol. The molecule has 0 bridgehead atoms. The van der Waals surface area contributed by atoms with Gasteiger partial charge >= 0.3 is 0 Å². The van der Waals surface area contributed by atoms with Crippen LogP contribution >= 0.6 is 0 Å². The summed E-state index contributed by atoms with van der Waals surface area (Å²) < 4.78 is 0. The largest absolute Gasteiger partial charge is 0.372 e. The zero-order valence-electron chi connectivity index (χ0n) is 13.3. The predicted molar refractivity (Wildman–Crippen MR) is 84.4 cm³/mol. The van der Waals surface area contributed by atoms with Crippen LogP contribution in [-0.2, 0) is 4.79 Å². The standard InChI is InChI=1S/C15H22N6O/c1-11-5-7-21(15(22)4-6-16)10-13(11)20(3)12-8-14(17-2)19-18-9-12/h8-9,11,13H,4-5,7,10H2,1-3H3,(H,17,19). The molecule has 1 fully saturated rings. The second kappa shape index (κ2) is 7.07. The van der Waals surface area contributed by atoms with E-state index in [1.54, 1.807) is 18.1 Å². The SMILES string of the molecule is CNc1cc(N(C)C2CN(C(=O)CC#N)CCC2C)cnn1. The van der Waals surface area contributed by atoms with Crippen LogP contribution in [-0.4, -0.2) is 54.2 Å². The van der Waals surface area contributed by atoms with Gasteiger partial charge in [0.2, 0.25) is 5.91 Å². The first-order valence-corrected chi connectivity index (χ1v) is 7.44. The second-order valence-corrected chi connectivity index (χ2v) is 5.67. The number of nitrogens with zero attached hydrogens (tertiary/aromatic N) is 5. The summed E-state index contributed by atoms with van der Waals surface area (Å²) in [6.07, 6.45) is 2.61. The van der Waals surface area contributed by atoms with Crippen LogP contribution in [0, 0.1) is 17.2 Å². The molecule has 1 aromatic rings. The van der Waals surface area contributed by atoms with Gasteiger partial charge in [0, 0.05) is 39.3 Å². The van der Waals surface area contributed by atoms with E-state index >= 15 is 0 Å². The maximum atomic E-state index is 12.0. The molecule has 1 saturated heterocycles. The van der Waals surface area contributed by atoms with E-state index < -0.39 is 0 Å². The summed E-state index contributed by atoms with van der Waals surface area (Å²) >= 11 is 0. The molecule has 2 atom stereocenters. The molecular formula is C15H22N6O. The average Bonchev–Trinajstić information content (AvgIpc) is 2.55. The maximum Gasteiger partial charge on any atom is 0.236 e. The first-order chi connectivity index (χ1) is 10.6. The van der Waals surface area contributed by atoms with Crippen LogP contribution in [0.15, 0.2) is 12.3 Å². The van der Waals surface area contributed by atoms with Crippen molar-refractivity contribution in [2.75, 3.05) is 37.4 Å². The lowest BCUT2D eigenvalue weighted by molar-refractivity contribution is -0.131. The maximum absolute atomic E-state index is 12.0. The highest BCUT2D eigenvalue weighted by Crippen LogP contribution is 2.26. The summed E-state index contributed by atoms with van der Waals surface area (Å²) in [6, 6.07) is 4.08. The lowest BCUT2D eigenvalue weighted by atomic mass is 9.92. The number of aromatic nitrogens is 2. The van der Waals surface area contributed by atoms with Crippen LogP contribution in [0.2, 0.25) is 0 Å². The Hall–Kier alpha value is -2.36. The molecule has 2 heterocycles. The summed E-state index contributed by atoms with van der Waals surface area (Å²) in [4.78, 5) is 15.9. The van der Waals surface area contributed by atoms with Crippen LogP contribution < -0.4 is 10.2 Å². The van der Waals surface area contributed by atoms with E-state index in [1.807, 2.05) is 19.2 Å². The van der Waals surface area contributed by atoms with Crippen molar-refractivity contribution in [3.05, 3.63) is 12.3 Å². The third kappa shape index (κ3) is 3.45. The Kier molecular flexibility index (Phi) is 5.15. The van der Waals surface area contributed by atoms with Gasteiger partial charge in [0.15, 0.2) is 0 Å². The van der Waals surface area contributed by atoms with Crippen LogP contribution in [0.5, 0.6) is 0 Å². The zero-order chi connectivity index (χ0) is 16.1. The highest BCUT2D eigenvalue weighted by atomic mass is 16.2. The van der Waals surface area contributed by atoms with Gasteiger partial charge in [0.25, 0.3) is 0 Å². The van der Waals surface area contributed by atoms with Gasteiger partial charge < -0.3 is 15.1 Å². The molecule has 118 valence electrons. The highest BCUT2D eigenvalue weighted by Gasteiger charge is 2.31. The van der Waals surface area contributed by atoms with Crippen molar-refractivity contribution in [3.63, 3.8) is 0 Å². The van der Waals surface area contributed by atoms with Crippen molar-refractivity contribution in [2.45, 2.75) is 25.8 Å². The van der Waals surface area contributed by atoms with Gasteiger partial charge in [-0.3, -0.25) is 4.79 Å². The number of nitriles is 1. The zero-order valence-corrected chi connectivity index (χ0v) is 13.3. The number of likely N-dealkylation sites (tertiary alicyclic amines) is 1. The first kappa shape index (κ1) is 16.0. The third-order valence-corrected chi connectivity index (χ3v) is 4.30. The molecule has 0 aliphatic carbocycles. The Morgan fingerprint density at radius 1 is 1.64 bits per heavy atom. The molecule has 2 unspecified atom stereocenters. The van der Waals surface area contributed by atoms with Crippen molar-refractivity contribution in [2.24, 2.45) is 5.92 Å². The van der Waals surface area contributed by atoms with E-state index in [9.17, 15) is 4.79 Å². The minimum atomic E-state index is -0.0865. The van der Waals surface area contributed by atoms with Gasteiger partial charge in [-0.1, -0.05) is 6.92 Å². The van der Waals surface area contributed by atoms with Crippen LogP contribution in [0.3, 0.4) is 0 Å². The Morgan fingerprint density at radius 2 is 2.41 bits per heavy atom. The highest BCUT2D eigenvalue weighted by molar-refractivity contribution is 5.78. The quantitative estimate of drug-likeness (QED) is 0.896. The molecule has 1 aliphatic heterocycles. The average molecular weight is 302 g/mol. The number of nitrogens with one attached hydrogen (secondary N) is 1. The molecule has 0 saturated carbocycles. The lowest BCUT2D eigenvalue weighted by Gasteiger charge is -2.42. The van der Waals surface area contributed by atoms with Crippen molar-refractivity contribution in [3.8, 4) is 6.07 Å². The Balaban J connectivity index is 2.14. The van der Waals surface area contributed by atoms with Crippen molar-refractivity contribution < 1.29 is 4.79 Å². The van der Waals surface area contributed by atoms with E-state index in [4.69, 9.17) is 5.26 Å². The summed E-state index contributed by atoms with van der Waals surface area (Å²) in [7, 11) is 3.81. The van der Waals surface area contributed by atoms with Gasteiger partial charge in [0.1, 0.15) is 12.2 Å². The number of anilines is 2. The molecule has 1 amide bonds. The van der Waals surface area contributed by atoms with E-state index in [0.29, 0.717) is 18.3 Å². The molecule has 0 aromatic carbocycles. The van der Waals surface area contributed by atoms with E-state index in [1.165, 1.54) is 0 Å². The van der Waals surface area contributed by atoms with Crippen LogP contribution in [0.1, 0.15) is 19.8 Å². The minimum absolute atomic E-state index is 0.0501. The number of rotatable bonds is 4. The van der Waals surface area contributed by atoms with Crippen LogP contribution in [0.25, 0.3) is 0 Å². The fraction of sp³-hybridized carbons (Fsp3) is 0.600. The first-order valence-electron chi connectivity index (χ1n) is 7.44. The number of carbonyl (C=O) groups is 1. The fourth-order valence-electron chi connectivity index (χ4n) is 2.82. The molecule has 1 N–H and O–H groups in total. The second-order valence-electron chi connectivity index (χ2n) is 5.67. The number of hydrogen-bond acceptors (Lipinski definition) is 6. The molecule has 7 nitrogen and oxygen atoms in total. The van der Waals surface area contributed by atoms with E-state index in [0.717, 1.165) is 18.7 Å². The number of amides is 1. The summed E-state index contributed by atoms with van der Waals surface area (Å²) in [5, 5.41) is 19.7. The fourth-order valence-corrected chi connectivity index (χ4v) is 2.82. The predicted octanol–water partition coefficient (Wildman–Crippen LogP) is 1.11. The van der Waals surface area contributed by atoms with Crippen LogP contribution in [0.4, 0.5) is 11.5 Å². The van der Waals surface area contributed by atoms with Crippen molar-refractivity contribution in [1.82, 2.24) is 15.1 Å². The number of likely N-dealkylation sites (N-methyl/N-ethyl adjacent to an activating group) is 1. The molecule has 1 aromatic heterocycles. The number of hydrogen-bond donors (Lipinski definition) is 1. The normalized spacial score (nSPS) is 21.1. The van der Waals surface area contributed by atoms with Gasteiger partial charge in [-0.2, -0.15) is 10.4 Å². The molecule has 7 heteroatoms. The molecule has 1 aliphatic rings. The Morgan fingerprint density at radius 3 is 3.09 bits per heavy atom. The topological polar surface area (TPSA) is 85.1 Å². The smallest absolute Gasteiger partial charge is 0.236 e.